The molecule has 2 aromatic rings. The van der Waals surface area contributed by atoms with Crippen LogP contribution in [0.4, 0.5) is 10.5 Å². The third-order valence-electron chi connectivity index (χ3n) is 7.82. The first kappa shape index (κ1) is 21.2. The fourth-order valence-corrected chi connectivity index (χ4v) is 6.83. The Labute approximate surface area is 189 Å². The summed E-state index contributed by atoms with van der Waals surface area (Å²) >= 11 is 0. The van der Waals surface area contributed by atoms with Crippen molar-refractivity contribution in [3.05, 3.63) is 35.2 Å². The van der Waals surface area contributed by atoms with Crippen molar-refractivity contribution in [2.24, 2.45) is 17.8 Å². The van der Waals surface area contributed by atoms with E-state index in [4.69, 9.17) is 9.47 Å². The molecule has 0 unspecified atom stereocenters. The molecule has 0 saturated heterocycles. The van der Waals surface area contributed by atoms with Crippen molar-refractivity contribution in [3.63, 3.8) is 0 Å². The second-order valence-corrected chi connectivity index (χ2v) is 10.2. The molecule has 0 spiro atoms. The molecule has 0 atom stereocenters. The number of anilines is 1. The molecule has 4 aliphatic rings. The first-order valence-corrected chi connectivity index (χ1v) is 11.7. The number of carbonyl (C=O) groups excluding carboxylic acids is 1. The fraction of sp³-hybridized carbons (Fsp3) is 0.600. The minimum atomic E-state index is -0.0937. The van der Waals surface area contributed by atoms with Crippen LogP contribution in [0.15, 0.2) is 18.2 Å². The zero-order valence-electron chi connectivity index (χ0n) is 19.5. The van der Waals surface area contributed by atoms with E-state index in [1.807, 2.05) is 36.7 Å². The molecular formula is C25H34N4O3. The van der Waals surface area contributed by atoms with E-state index < -0.39 is 0 Å². The van der Waals surface area contributed by atoms with Crippen LogP contribution in [-0.4, -0.2) is 35.6 Å². The highest BCUT2D eigenvalue weighted by Crippen LogP contribution is 2.55. The average molecular weight is 439 g/mol. The van der Waals surface area contributed by atoms with Gasteiger partial charge in [-0.1, -0.05) is 6.07 Å². The number of methoxy groups -OCH3 is 2. The normalized spacial score (nSPS) is 27.9. The molecule has 0 aliphatic heterocycles. The molecule has 7 nitrogen and oxygen atoms in total. The van der Waals surface area contributed by atoms with Crippen molar-refractivity contribution in [1.29, 1.82) is 0 Å². The molecule has 4 aliphatic carbocycles. The quantitative estimate of drug-likeness (QED) is 0.688. The van der Waals surface area contributed by atoms with Gasteiger partial charge in [-0.05, 0) is 87.8 Å². The van der Waals surface area contributed by atoms with Gasteiger partial charge in [0.25, 0.3) is 0 Å². The molecule has 32 heavy (non-hydrogen) atoms. The zero-order valence-corrected chi connectivity index (χ0v) is 19.5. The maximum atomic E-state index is 13.0. The standard InChI is InChI=1S/C25H34N4O3/c1-15-23(16(2)29(28-15)14-17-5-6-21(31-3)22(10-17)32-4)26-24(30)27-25-11-18-7-19(12-25)9-20(8-18)13-25/h5-6,10,18-20H,7-9,11-14H2,1-4H3,(H2,26,27,30). The topological polar surface area (TPSA) is 77.4 Å². The Kier molecular flexibility index (Phi) is 5.30. The van der Waals surface area contributed by atoms with Crippen molar-refractivity contribution < 1.29 is 14.3 Å². The first-order valence-electron chi connectivity index (χ1n) is 11.7. The van der Waals surface area contributed by atoms with E-state index in [1.165, 1.54) is 19.3 Å². The Morgan fingerprint density at radius 1 is 1.06 bits per heavy atom. The Morgan fingerprint density at radius 3 is 2.28 bits per heavy atom. The van der Waals surface area contributed by atoms with E-state index in [0.29, 0.717) is 18.0 Å². The van der Waals surface area contributed by atoms with Crippen molar-refractivity contribution in [2.45, 2.75) is 64.5 Å². The number of benzene rings is 1. The number of rotatable bonds is 6. The highest BCUT2D eigenvalue weighted by atomic mass is 16.5. The number of amides is 2. The Morgan fingerprint density at radius 2 is 1.69 bits per heavy atom. The first-order chi connectivity index (χ1) is 15.4. The average Bonchev–Trinajstić information content (AvgIpc) is 2.99. The van der Waals surface area contributed by atoms with Crippen molar-refractivity contribution in [1.82, 2.24) is 15.1 Å². The molecule has 4 bridgehead atoms. The van der Waals surface area contributed by atoms with Gasteiger partial charge in [0.1, 0.15) is 0 Å². The van der Waals surface area contributed by atoms with Crippen LogP contribution in [0.1, 0.15) is 55.5 Å². The Hall–Kier alpha value is -2.70. The summed E-state index contributed by atoms with van der Waals surface area (Å²) in [6.45, 7) is 4.53. The summed E-state index contributed by atoms with van der Waals surface area (Å²) in [6.07, 6.45) is 7.52. The molecule has 1 aromatic carbocycles. The number of urea groups is 1. The van der Waals surface area contributed by atoms with Crippen LogP contribution in [0.3, 0.4) is 0 Å². The van der Waals surface area contributed by atoms with E-state index in [0.717, 1.165) is 59.7 Å². The van der Waals surface area contributed by atoms with Crippen LogP contribution < -0.4 is 20.1 Å². The predicted octanol–water partition coefficient (Wildman–Crippen LogP) is 4.66. The third-order valence-corrected chi connectivity index (χ3v) is 7.82. The van der Waals surface area contributed by atoms with Gasteiger partial charge >= 0.3 is 6.03 Å². The van der Waals surface area contributed by atoms with Crippen LogP contribution >= 0.6 is 0 Å². The van der Waals surface area contributed by atoms with Crippen LogP contribution in [0, 0.1) is 31.6 Å². The molecule has 172 valence electrons. The summed E-state index contributed by atoms with van der Waals surface area (Å²) < 4.78 is 12.7. The molecule has 4 saturated carbocycles. The maximum Gasteiger partial charge on any atom is 0.319 e. The lowest BCUT2D eigenvalue weighted by atomic mass is 9.53. The number of hydrogen-bond donors (Lipinski definition) is 2. The SMILES string of the molecule is COc1ccc(Cn2nc(C)c(NC(=O)NC34CC5CC(CC(C5)C3)C4)c2C)cc1OC. The molecule has 6 rings (SSSR count). The number of nitrogens with one attached hydrogen (secondary N) is 2. The highest BCUT2D eigenvalue weighted by Gasteiger charge is 2.51. The lowest BCUT2D eigenvalue weighted by molar-refractivity contribution is -0.0127. The smallest absolute Gasteiger partial charge is 0.319 e. The largest absolute Gasteiger partial charge is 0.493 e. The monoisotopic (exact) mass is 438 g/mol. The van der Waals surface area contributed by atoms with Gasteiger partial charge in [0.2, 0.25) is 0 Å². The van der Waals surface area contributed by atoms with Gasteiger partial charge in [0, 0.05) is 5.54 Å². The van der Waals surface area contributed by atoms with E-state index >= 15 is 0 Å². The molecule has 1 aromatic heterocycles. The van der Waals surface area contributed by atoms with Crippen molar-refractivity contribution >= 4 is 11.7 Å². The second kappa shape index (κ2) is 8.01. The van der Waals surface area contributed by atoms with E-state index in [9.17, 15) is 4.79 Å². The predicted molar refractivity (Wildman–Crippen MR) is 123 cm³/mol. The molecule has 4 fully saturated rings. The zero-order chi connectivity index (χ0) is 22.5. The van der Waals surface area contributed by atoms with Crippen molar-refractivity contribution in [3.8, 4) is 11.5 Å². The van der Waals surface area contributed by atoms with Gasteiger partial charge < -0.3 is 20.1 Å². The van der Waals surface area contributed by atoms with Crippen LogP contribution in [0.25, 0.3) is 0 Å². The number of hydrogen-bond acceptors (Lipinski definition) is 4. The van der Waals surface area contributed by atoms with Crippen LogP contribution in [0.2, 0.25) is 0 Å². The lowest BCUT2D eigenvalue weighted by Gasteiger charge is -2.56. The third kappa shape index (κ3) is 3.82. The summed E-state index contributed by atoms with van der Waals surface area (Å²) in [5, 5.41) is 11.2. The number of ether oxygens (including phenoxy) is 2. The lowest BCUT2D eigenvalue weighted by Crippen LogP contribution is -2.60. The maximum absolute atomic E-state index is 13.0. The van der Waals surface area contributed by atoms with Gasteiger partial charge in [-0.3, -0.25) is 4.68 Å². The molecule has 0 radical (unpaired) electrons. The summed E-state index contributed by atoms with van der Waals surface area (Å²) in [5.74, 6) is 3.80. The van der Waals surface area contributed by atoms with Crippen LogP contribution in [0.5, 0.6) is 11.5 Å². The Bertz CT molecular complexity index is 993. The van der Waals surface area contributed by atoms with Gasteiger partial charge in [-0.2, -0.15) is 5.10 Å². The number of aromatic nitrogens is 2. The van der Waals surface area contributed by atoms with Gasteiger partial charge in [-0.25, -0.2) is 4.79 Å². The number of aryl methyl sites for hydroxylation is 1. The Balaban J connectivity index is 1.29. The van der Waals surface area contributed by atoms with Gasteiger partial charge in [-0.15, -0.1) is 0 Å². The van der Waals surface area contributed by atoms with E-state index in [-0.39, 0.29) is 11.6 Å². The van der Waals surface area contributed by atoms with Gasteiger partial charge in [0.05, 0.1) is 37.8 Å². The van der Waals surface area contributed by atoms with Crippen molar-refractivity contribution in [2.75, 3.05) is 19.5 Å². The van der Waals surface area contributed by atoms with Crippen LogP contribution in [-0.2, 0) is 6.54 Å². The molecule has 1 heterocycles. The molecule has 7 heteroatoms. The van der Waals surface area contributed by atoms with Gasteiger partial charge in [0.15, 0.2) is 11.5 Å². The summed E-state index contributed by atoms with van der Waals surface area (Å²) in [7, 11) is 3.26. The molecule has 2 amide bonds. The number of nitrogens with zero attached hydrogens (tertiary/aromatic N) is 2. The summed E-state index contributed by atoms with van der Waals surface area (Å²) in [5.41, 5.74) is 3.61. The van der Waals surface area contributed by atoms with E-state index in [1.54, 1.807) is 14.2 Å². The minimum Gasteiger partial charge on any atom is -0.493 e. The minimum absolute atomic E-state index is 0.00369. The summed E-state index contributed by atoms with van der Waals surface area (Å²) in [4.78, 5) is 13.0. The van der Waals surface area contributed by atoms with E-state index in [2.05, 4.69) is 15.7 Å². The molecular weight excluding hydrogens is 404 g/mol. The fourth-order valence-electron chi connectivity index (χ4n) is 6.83. The second-order valence-electron chi connectivity index (χ2n) is 10.2. The highest BCUT2D eigenvalue weighted by molar-refractivity contribution is 5.91. The molecule has 2 N–H and O–H groups in total. The number of carbonyl (C=O) groups is 1. The summed E-state index contributed by atoms with van der Waals surface area (Å²) in [6, 6.07) is 5.77.